The van der Waals surface area contributed by atoms with Crippen LogP contribution in [-0.2, 0) is 4.79 Å². The smallest absolute Gasteiger partial charge is 0.336 e. The van der Waals surface area contributed by atoms with E-state index in [1.165, 1.54) is 6.07 Å². The lowest BCUT2D eigenvalue weighted by Gasteiger charge is -2.20. The largest absolute Gasteiger partial charge is 0.484 e. The number of benzene rings is 2. The summed E-state index contributed by atoms with van der Waals surface area (Å²) in [5, 5.41) is 2.45. The highest BCUT2D eigenvalue weighted by Crippen LogP contribution is 2.22. The number of para-hydroxylation sites is 1. The van der Waals surface area contributed by atoms with Gasteiger partial charge in [-0.05, 0) is 36.8 Å². The highest BCUT2D eigenvalue weighted by molar-refractivity contribution is 5.82. The van der Waals surface area contributed by atoms with Crippen molar-refractivity contribution in [2.24, 2.45) is 0 Å². The third-order valence-electron chi connectivity index (χ3n) is 3.73. The lowest BCUT2D eigenvalue weighted by molar-refractivity contribution is -0.123. The Labute approximate surface area is 144 Å². The maximum absolute atomic E-state index is 12.0. The first-order valence-corrected chi connectivity index (χ1v) is 7.78. The van der Waals surface area contributed by atoms with Gasteiger partial charge in [0.05, 0.1) is 5.69 Å². The van der Waals surface area contributed by atoms with E-state index in [2.05, 4.69) is 5.43 Å². The zero-order chi connectivity index (χ0) is 17.8. The van der Waals surface area contributed by atoms with Gasteiger partial charge < -0.3 is 9.15 Å². The molecule has 0 radical (unpaired) electrons. The average Bonchev–Trinajstić information content (AvgIpc) is 2.60. The van der Waals surface area contributed by atoms with Crippen molar-refractivity contribution in [2.75, 3.05) is 18.7 Å². The van der Waals surface area contributed by atoms with Crippen LogP contribution in [0.4, 0.5) is 5.69 Å². The molecule has 25 heavy (non-hydrogen) atoms. The second-order valence-corrected chi connectivity index (χ2v) is 5.62. The summed E-state index contributed by atoms with van der Waals surface area (Å²) in [6, 6.07) is 16.0. The minimum atomic E-state index is -0.413. The van der Waals surface area contributed by atoms with Crippen LogP contribution in [0.3, 0.4) is 0 Å². The molecule has 0 bridgehead atoms. The fourth-order valence-corrected chi connectivity index (χ4v) is 2.48. The van der Waals surface area contributed by atoms with Crippen LogP contribution in [-0.4, -0.2) is 19.6 Å². The molecule has 0 atom stereocenters. The highest BCUT2D eigenvalue weighted by atomic mass is 16.5. The van der Waals surface area contributed by atoms with Gasteiger partial charge in [0.1, 0.15) is 11.3 Å². The average molecular weight is 338 g/mol. The van der Waals surface area contributed by atoms with Gasteiger partial charge in [0, 0.05) is 24.6 Å². The summed E-state index contributed by atoms with van der Waals surface area (Å²) in [5.41, 5.74) is 4.43. The molecule has 2 aromatic carbocycles. The third-order valence-corrected chi connectivity index (χ3v) is 3.73. The number of hydrazine groups is 1. The number of anilines is 1. The van der Waals surface area contributed by atoms with Crippen molar-refractivity contribution < 1.29 is 13.9 Å². The predicted molar refractivity (Wildman–Crippen MR) is 95.7 cm³/mol. The topological polar surface area (TPSA) is 71.8 Å². The summed E-state index contributed by atoms with van der Waals surface area (Å²) in [7, 11) is 1.75. The molecule has 0 saturated heterocycles. The van der Waals surface area contributed by atoms with Crippen molar-refractivity contribution in [3.05, 3.63) is 70.6 Å². The number of rotatable bonds is 5. The Morgan fingerprint density at radius 2 is 1.92 bits per heavy atom. The molecular weight excluding hydrogens is 320 g/mol. The van der Waals surface area contributed by atoms with Crippen LogP contribution in [0.5, 0.6) is 5.75 Å². The molecule has 0 saturated carbocycles. The van der Waals surface area contributed by atoms with Gasteiger partial charge in [-0.25, -0.2) is 4.79 Å². The molecule has 1 heterocycles. The quantitative estimate of drug-likeness (QED) is 0.572. The van der Waals surface area contributed by atoms with E-state index in [0.29, 0.717) is 11.3 Å². The number of ether oxygens (including phenoxy) is 1. The fraction of sp³-hybridized carbons (Fsp3) is 0.158. The van der Waals surface area contributed by atoms with Crippen molar-refractivity contribution in [1.29, 1.82) is 0 Å². The summed E-state index contributed by atoms with van der Waals surface area (Å²) in [6.45, 7) is 1.69. The Morgan fingerprint density at radius 3 is 2.68 bits per heavy atom. The van der Waals surface area contributed by atoms with Crippen molar-refractivity contribution in [2.45, 2.75) is 6.92 Å². The summed E-state index contributed by atoms with van der Waals surface area (Å²) in [5.74, 6) is 0.163. The maximum Gasteiger partial charge on any atom is 0.336 e. The van der Waals surface area contributed by atoms with Crippen LogP contribution in [0.15, 0.2) is 63.8 Å². The molecule has 1 amide bonds. The Morgan fingerprint density at radius 1 is 1.16 bits per heavy atom. The van der Waals surface area contributed by atoms with Gasteiger partial charge in [-0.3, -0.25) is 15.2 Å². The monoisotopic (exact) mass is 338 g/mol. The van der Waals surface area contributed by atoms with Crippen molar-refractivity contribution >= 4 is 22.6 Å². The second kappa shape index (κ2) is 7.09. The van der Waals surface area contributed by atoms with E-state index in [-0.39, 0.29) is 12.5 Å². The first-order chi connectivity index (χ1) is 12.0. The number of nitrogens with one attached hydrogen (secondary N) is 1. The zero-order valence-electron chi connectivity index (χ0n) is 14.0. The normalized spacial score (nSPS) is 10.5. The first kappa shape index (κ1) is 16.6. The minimum Gasteiger partial charge on any atom is -0.484 e. The van der Waals surface area contributed by atoms with Gasteiger partial charge in [-0.2, -0.15) is 0 Å². The lowest BCUT2D eigenvalue weighted by atomic mass is 10.1. The highest BCUT2D eigenvalue weighted by Gasteiger charge is 2.08. The number of hydrogen-bond acceptors (Lipinski definition) is 5. The standard InChI is InChI=1S/C19H18N2O4/c1-13-10-19(23)25-17-11-15(8-9-16(13)17)24-12-18(22)20-21(2)14-6-4-3-5-7-14/h3-11H,12H2,1-2H3,(H,20,22). The second-order valence-electron chi connectivity index (χ2n) is 5.62. The Bertz CT molecular complexity index is 951. The number of aryl methyl sites for hydroxylation is 1. The summed E-state index contributed by atoms with van der Waals surface area (Å²) in [4.78, 5) is 23.5. The molecule has 3 rings (SSSR count). The number of fused-ring (bicyclic) bond motifs is 1. The van der Waals surface area contributed by atoms with E-state index in [4.69, 9.17) is 9.15 Å². The van der Waals surface area contributed by atoms with E-state index in [9.17, 15) is 9.59 Å². The molecule has 0 aliphatic carbocycles. The molecule has 6 nitrogen and oxygen atoms in total. The molecule has 3 aromatic rings. The zero-order valence-corrected chi connectivity index (χ0v) is 14.0. The number of carbonyl (C=O) groups excluding carboxylic acids is 1. The molecule has 128 valence electrons. The summed E-state index contributed by atoms with van der Waals surface area (Å²) in [6.07, 6.45) is 0. The Hall–Kier alpha value is -3.28. The summed E-state index contributed by atoms with van der Waals surface area (Å²) >= 11 is 0. The van der Waals surface area contributed by atoms with E-state index < -0.39 is 5.63 Å². The lowest BCUT2D eigenvalue weighted by Crippen LogP contribution is -2.41. The van der Waals surface area contributed by atoms with E-state index in [1.807, 2.05) is 37.3 Å². The van der Waals surface area contributed by atoms with Gasteiger partial charge >= 0.3 is 5.63 Å². The van der Waals surface area contributed by atoms with Crippen molar-refractivity contribution in [3.8, 4) is 5.75 Å². The van der Waals surface area contributed by atoms with E-state index in [1.54, 1.807) is 30.3 Å². The van der Waals surface area contributed by atoms with Crippen LogP contribution in [0.1, 0.15) is 5.56 Å². The molecule has 1 N–H and O–H groups in total. The summed E-state index contributed by atoms with van der Waals surface area (Å²) < 4.78 is 10.7. The van der Waals surface area contributed by atoms with Crippen molar-refractivity contribution in [3.63, 3.8) is 0 Å². The Kier molecular flexibility index (Phi) is 4.70. The molecule has 6 heteroatoms. The van der Waals surface area contributed by atoms with Crippen molar-refractivity contribution in [1.82, 2.24) is 5.43 Å². The molecule has 0 aliphatic rings. The van der Waals surface area contributed by atoms with Crippen LogP contribution in [0.2, 0.25) is 0 Å². The molecule has 0 spiro atoms. The first-order valence-electron chi connectivity index (χ1n) is 7.78. The molecule has 1 aromatic heterocycles. The number of hydrogen-bond donors (Lipinski definition) is 1. The minimum absolute atomic E-state index is 0.154. The molecule has 0 aliphatic heterocycles. The van der Waals surface area contributed by atoms with Crippen LogP contribution < -0.4 is 20.8 Å². The van der Waals surface area contributed by atoms with Crippen LogP contribution >= 0.6 is 0 Å². The van der Waals surface area contributed by atoms with E-state index >= 15 is 0 Å². The van der Waals surface area contributed by atoms with Gasteiger partial charge in [0.25, 0.3) is 5.91 Å². The van der Waals surface area contributed by atoms with E-state index in [0.717, 1.165) is 16.6 Å². The van der Waals surface area contributed by atoms with Gasteiger partial charge in [-0.15, -0.1) is 0 Å². The third kappa shape index (κ3) is 3.98. The van der Waals surface area contributed by atoms with Crippen LogP contribution in [0, 0.1) is 6.92 Å². The van der Waals surface area contributed by atoms with Gasteiger partial charge in [0.2, 0.25) is 0 Å². The molecule has 0 unspecified atom stereocenters. The fourth-order valence-electron chi connectivity index (χ4n) is 2.48. The number of nitrogens with zero attached hydrogens (tertiary/aromatic N) is 1. The maximum atomic E-state index is 12.0. The Balaban J connectivity index is 1.64. The van der Waals surface area contributed by atoms with Crippen LogP contribution in [0.25, 0.3) is 11.0 Å². The molecular formula is C19H18N2O4. The SMILES string of the molecule is Cc1cc(=O)oc2cc(OCC(=O)NN(C)c3ccccc3)ccc12. The van der Waals surface area contributed by atoms with Gasteiger partial charge in [0.15, 0.2) is 6.61 Å². The molecule has 0 fully saturated rings. The number of amides is 1. The predicted octanol–water partition coefficient (Wildman–Crippen LogP) is 2.65. The number of carbonyl (C=O) groups is 1. The van der Waals surface area contributed by atoms with Gasteiger partial charge in [-0.1, -0.05) is 18.2 Å².